The smallest absolute Gasteiger partial charge is 0.254 e. The first-order chi connectivity index (χ1) is 12.1. The predicted molar refractivity (Wildman–Crippen MR) is 94.5 cm³/mol. The number of hydrogen-bond acceptors (Lipinski definition) is 3. The second-order valence-corrected chi connectivity index (χ2v) is 6.85. The van der Waals surface area contributed by atoms with Gasteiger partial charge in [0.15, 0.2) is 5.76 Å². The fourth-order valence-electron chi connectivity index (χ4n) is 3.02. The summed E-state index contributed by atoms with van der Waals surface area (Å²) in [5.41, 5.74) is 3.14. The van der Waals surface area contributed by atoms with E-state index in [1.807, 2.05) is 18.2 Å². The van der Waals surface area contributed by atoms with Crippen LogP contribution in [0.15, 0.2) is 57.5 Å². The Kier molecular flexibility index (Phi) is 4.13. The molecule has 1 amide bonds. The number of aromatic nitrogens is 1. The topological polar surface area (TPSA) is 46.3 Å². The van der Waals surface area contributed by atoms with E-state index in [0.717, 1.165) is 21.3 Å². The highest BCUT2D eigenvalue weighted by molar-refractivity contribution is 9.10. The summed E-state index contributed by atoms with van der Waals surface area (Å²) in [6.45, 7) is 1.02. The third-order valence-electron chi connectivity index (χ3n) is 4.30. The quantitative estimate of drug-likeness (QED) is 0.638. The zero-order valence-corrected chi connectivity index (χ0v) is 14.8. The average Bonchev–Trinajstić information content (AvgIpc) is 3.05. The Bertz CT molecular complexity index is 937. The van der Waals surface area contributed by atoms with E-state index in [1.54, 1.807) is 23.1 Å². The standard InChI is InChI=1S/C19H14BrFN2O2/c20-14-3-1-2-13(10-14)19(24)23-9-8-17-16(11-23)18(25-22-17)12-4-6-15(21)7-5-12/h1-7,10H,8-9,11H2. The van der Waals surface area contributed by atoms with E-state index in [1.165, 1.54) is 12.1 Å². The summed E-state index contributed by atoms with van der Waals surface area (Å²) in [6, 6.07) is 13.4. The number of hydrogen-bond donors (Lipinski definition) is 0. The van der Waals surface area contributed by atoms with Crippen molar-refractivity contribution in [3.05, 3.63) is 75.6 Å². The van der Waals surface area contributed by atoms with Gasteiger partial charge in [0.2, 0.25) is 0 Å². The number of amides is 1. The first-order valence-corrected chi connectivity index (χ1v) is 8.69. The number of nitrogens with zero attached hydrogens (tertiary/aromatic N) is 2. The third-order valence-corrected chi connectivity index (χ3v) is 4.80. The number of carbonyl (C=O) groups excluding carboxylic acids is 1. The molecular weight excluding hydrogens is 387 g/mol. The molecule has 0 aliphatic carbocycles. The summed E-state index contributed by atoms with van der Waals surface area (Å²) < 4.78 is 19.5. The molecule has 0 spiro atoms. The van der Waals surface area contributed by atoms with Gasteiger partial charge in [-0.3, -0.25) is 4.79 Å². The zero-order chi connectivity index (χ0) is 17.4. The Balaban J connectivity index is 1.63. The van der Waals surface area contributed by atoms with Crippen molar-refractivity contribution >= 4 is 21.8 Å². The molecule has 0 unspecified atom stereocenters. The SMILES string of the molecule is O=C(c1cccc(Br)c1)N1CCc2noc(-c3ccc(F)cc3)c2C1. The van der Waals surface area contributed by atoms with Crippen LogP contribution in [0.2, 0.25) is 0 Å². The minimum Gasteiger partial charge on any atom is -0.356 e. The normalized spacial score (nSPS) is 13.6. The second kappa shape index (κ2) is 6.44. The van der Waals surface area contributed by atoms with Crippen LogP contribution in [-0.4, -0.2) is 22.5 Å². The molecule has 1 aromatic heterocycles. The van der Waals surface area contributed by atoms with Crippen LogP contribution in [0.3, 0.4) is 0 Å². The predicted octanol–water partition coefficient (Wildman–Crippen LogP) is 4.44. The molecule has 4 rings (SSSR count). The molecule has 4 nitrogen and oxygen atoms in total. The molecule has 0 saturated heterocycles. The van der Waals surface area contributed by atoms with Gasteiger partial charge >= 0.3 is 0 Å². The average molecular weight is 401 g/mol. The van der Waals surface area contributed by atoms with Gasteiger partial charge in [-0.25, -0.2) is 4.39 Å². The molecule has 0 atom stereocenters. The van der Waals surface area contributed by atoms with E-state index in [-0.39, 0.29) is 11.7 Å². The highest BCUT2D eigenvalue weighted by atomic mass is 79.9. The van der Waals surface area contributed by atoms with Crippen LogP contribution in [0, 0.1) is 5.82 Å². The highest BCUT2D eigenvalue weighted by Gasteiger charge is 2.28. The molecule has 2 heterocycles. The van der Waals surface area contributed by atoms with E-state index >= 15 is 0 Å². The fraction of sp³-hybridized carbons (Fsp3) is 0.158. The van der Waals surface area contributed by atoms with Crippen molar-refractivity contribution in [1.82, 2.24) is 10.1 Å². The molecule has 3 aromatic rings. The maximum atomic E-state index is 13.2. The van der Waals surface area contributed by atoms with E-state index in [9.17, 15) is 9.18 Å². The summed E-state index contributed by atoms with van der Waals surface area (Å²) >= 11 is 3.40. The minimum absolute atomic E-state index is 0.0294. The molecule has 1 aliphatic heterocycles. The van der Waals surface area contributed by atoms with Crippen molar-refractivity contribution in [2.75, 3.05) is 6.54 Å². The summed E-state index contributed by atoms with van der Waals surface area (Å²) in [5, 5.41) is 4.12. The number of benzene rings is 2. The Morgan fingerprint density at radius 2 is 2.00 bits per heavy atom. The van der Waals surface area contributed by atoms with Crippen molar-refractivity contribution < 1.29 is 13.7 Å². The first-order valence-electron chi connectivity index (χ1n) is 7.90. The maximum Gasteiger partial charge on any atom is 0.254 e. The van der Waals surface area contributed by atoms with Gasteiger partial charge in [0.1, 0.15) is 5.82 Å². The summed E-state index contributed by atoms with van der Waals surface area (Å²) in [7, 11) is 0. The van der Waals surface area contributed by atoms with E-state index in [2.05, 4.69) is 21.1 Å². The highest BCUT2D eigenvalue weighted by Crippen LogP contribution is 2.31. The van der Waals surface area contributed by atoms with Crippen molar-refractivity contribution in [2.24, 2.45) is 0 Å². The van der Waals surface area contributed by atoms with Crippen molar-refractivity contribution in [2.45, 2.75) is 13.0 Å². The zero-order valence-electron chi connectivity index (χ0n) is 13.2. The van der Waals surface area contributed by atoms with Gasteiger partial charge in [-0.15, -0.1) is 0 Å². The Morgan fingerprint density at radius 1 is 1.20 bits per heavy atom. The van der Waals surface area contributed by atoms with Gasteiger partial charge in [-0.05, 0) is 42.5 Å². The Hall–Kier alpha value is -2.47. The molecule has 126 valence electrons. The number of rotatable bonds is 2. The molecular formula is C19H14BrFN2O2. The van der Waals surface area contributed by atoms with Gasteiger partial charge < -0.3 is 9.42 Å². The molecule has 0 radical (unpaired) electrons. The number of halogens is 2. The lowest BCUT2D eigenvalue weighted by molar-refractivity contribution is 0.0734. The van der Waals surface area contributed by atoms with Crippen LogP contribution >= 0.6 is 15.9 Å². The Labute approximate surface area is 152 Å². The maximum absolute atomic E-state index is 13.2. The van der Waals surface area contributed by atoms with Crippen LogP contribution in [-0.2, 0) is 13.0 Å². The Morgan fingerprint density at radius 3 is 2.76 bits per heavy atom. The molecule has 1 aliphatic rings. The lowest BCUT2D eigenvalue weighted by Gasteiger charge is -2.26. The molecule has 0 saturated carbocycles. The molecule has 6 heteroatoms. The molecule has 0 N–H and O–H groups in total. The summed E-state index contributed by atoms with van der Waals surface area (Å²) in [6.07, 6.45) is 0.639. The van der Waals surface area contributed by atoms with Crippen LogP contribution < -0.4 is 0 Å². The van der Waals surface area contributed by atoms with Crippen molar-refractivity contribution in [3.8, 4) is 11.3 Å². The fourth-order valence-corrected chi connectivity index (χ4v) is 3.42. The van der Waals surface area contributed by atoms with Gasteiger partial charge in [-0.1, -0.05) is 27.2 Å². The number of fused-ring (bicyclic) bond motifs is 1. The first kappa shape index (κ1) is 16.0. The minimum atomic E-state index is -0.302. The van der Waals surface area contributed by atoms with Crippen LogP contribution in [0.25, 0.3) is 11.3 Å². The van der Waals surface area contributed by atoms with E-state index < -0.39 is 0 Å². The van der Waals surface area contributed by atoms with E-state index in [0.29, 0.717) is 30.8 Å². The van der Waals surface area contributed by atoms with Crippen molar-refractivity contribution in [1.29, 1.82) is 0 Å². The van der Waals surface area contributed by atoms with Crippen molar-refractivity contribution in [3.63, 3.8) is 0 Å². The van der Waals surface area contributed by atoms with Gasteiger partial charge in [-0.2, -0.15) is 0 Å². The van der Waals surface area contributed by atoms with Crippen LogP contribution in [0.4, 0.5) is 4.39 Å². The molecule has 0 bridgehead atoms. The number of carbonyl (C=O) groups is 1. The lowest BCUT2D eigenvalue weighted by Crippen LogP contribution is -2.35. The third kappa shape index (κ3) is 3.09. The molecule has 2 aromatic carbocycles. The van der Waals surface area contributed by atoms with Gasteiger partial charge in [0.05, 0.1) is 12.2 Å². The molecule has 25 heavy (non-hydrogen) atoms. The molecule has 0 fully saturated rings. The van der Waals surface area contributed by atoms with Gasteiger partial charge in [0, 0.05) is 34.1 Å². The van der Waals surface area contributed by atoms with Gasteiger partial charge in [0.25, 0.3) is 5.91 Å². The lowest BCUT2D eigenvalue weighted by atomic mass is 10.0. The monoisotopic (exact) mass is 400 g/mol. The summed E-state index contributed by atoms with van der Waals surface area (Å²) in [5.74, 6) is 0.267. The van der Waals surface area contributed by atoms with E-state index in [4.69, 9.17) is 4.52 Å². The van der Waals surface area contributed by atoms with Crippen LogP contribution in [0.5, 0.6) is 0 Å². The second-order valence-electron chi connectivity index (χ2n) is 5.93. The van der Waals surface area contributed by atoms with Crippen LogP contribution in [0.1, 0.15) is 21.6 Å². The largest absolute Gasteiger partial charge is 0.356 e. The summed E-state index contributed by atoms with van der Waals surface area (Å²) in [4.78, 5) is 14.6.